The lowest BCUT2D eigenvalue weighted by Gasteiger charge is -2.44. The molecule has 0 bridgehead atoms. The number of carbonyl (C=O) groups excluding carboxylic acids is 1. The molecule has 0 atom stereocenters. The number of nitrogens with zero attached hydrogens (tertiary/aromatic N) is 1. The third-order valence-electron chi connectivity index (χ3n) is 13.9. The van der Waals surface area contributed by atoms with Crippen LogP contribution in [0.4, 0.5) is 87.8 Å². The van der Waals surface area contributed by atoms with E-state index in [0.29, 0.717) is 11.4 Å². The monoisotopic (exact) mass is 1170 g/mol. The van der Waals surface area contributed by atoms with Crippen LogP contribution in [0.5, 0.6) is 11.6 Å². The average Bonchev–Trinajstić information content (AvgIpc) is 2.78. The summed E-state index contributed by atoms with van der Waals surface area (Å²) in [5, 5.41) is 7.69. The van der Waals surface area contributed by atoms with E-state index in [0.717, 1.165) is 43.6 Å². The number of benzene rings is 10. The van der Waals surface area contributed by atoms with E-state index in [1.807, 2.05) is 71.3 Å². The maximum absolute atomic E-state index is 15.4. The second-order valence-corrected chi connectivity index (χ2v) is 18.4. The van der Waals surface area contributed by atoms with Crippen LogP contribution < -0.4 is 31.2 Å². The van der Waals surface area contributed by atoms with E-state index in [1.54, 1.807) is 0 Å². The first-order chi connectivity index (χ1) is 39.4. The molecular weight excluding hydrogens is 1150 g/mol. The molecule has 0 saturated carbocycles. The summed E-state index contributed by atoms with van der Waals surface area (Å²) in [6, 6.07) is 44.9. The molecule has 0 N–H and O–H groups in total. The standard InChI is InChI=1S/C35H24NO2.C24BF20/c37-33(25-11-2-1-3-12-25)23-36-32-17-9-7-10-24(32)18-19-34(36)38-35-30-16-8-6-15-28(30)21-29-20-26-13-4-5-14-27(26)22-31(29)35;26-5-1(6(27)14(35)21(42)13(5)34)25(2-7(28)15(36)22(43)16(37)8(2)29,3-9(30)17(38)23(44)18(39)10(3)31)4-11(32)19(40)24(45)20(41)12(4)33/h1-22H,23H2;/q+1;-1. The molecule has 0 aliphatic heterocycles. The number of pyridine rings is 1. The van der Waals surface area contributed by atoms with Gasteiger partial charge in [0.2, 0.25) is 17.8 Å². The van der Waals surface area contributed by atoms with E-state index < -0.39 is 144 Å². The minimum absolute atomic E-state index is 0.0329. The van der Waals surface area contributed by atoms with Gasteiger partial charge < -0.3 is 4.74 Å². The Hall–Kier alpha value is -9.48. The summed E-state index contributed by atoms with van der Waals surface area (Å²) in [6.07, 6.45) is -7.22. The smallest absolute Gasteiger partial charge is 0.374 e. The van der Waals surface area contributed by atoms with Crippen LogP contribution in [0.2, 0.25) is 0 Å². The number of para-hydroxylation sites is 1. The van der Waals surface area contributed by atoms with Gasteiger partial charge in [-0.3, -0.25) is 4.79 Å². The molecule has 0 radical (unpaired) electrons. The summed E-state index contributed by atoms with van der Waals surface area (Å²) in [7, 11) is 0. The second-order valence-electron chi connectivity index (χ2n) is 18.4. The van der Waals surface area contributed by atoms with Crippen molar-refractivity contribution in [3.8, 4) is 11.6 Å². The van der Waals surface area contributed by atoms with Crippen molar-refractivity contribution >= 4 is 77.0 Å². The van der Waals surface area contributed by atoms with Crippen molar-refractivity contribution in [2.75, 3.05) is 0 Å². The number of carbonyl (C=O) groups is 1. The highest BCUT2D eigenvalue weighted by Gasteiger charge is 2.52. The molecule has 83 heavy (non-hydrogen) atoms. The van der Waals surface area contributed by atoms with Gasteiger partial charge in [-0.25, -0.2) is 87.8 Å². The van der Waals surface area contributed by atoms with Gasteiger partial charge in [0, 0.05) is 27.8 Å². The van der Waals surface area contributed by atoms with Gasteiger partial charge in [-0.15, -0.1) is 21.9 Å². The van der Waals surface area contributed by atoms with E-state index in [1.165, 1.54) is 5.39 Å². The lowest BCUT2D eigenvalue weighted by atomic mass is 9.12. The van der Waals surface area contributed by atoms with E-state index in [9.17, 15) is 57.5 Å². The first kappa shape index (κ1) is 56.8. The molecule has 0 amide bonds. The summed E-state index contributed by atoms with van der Waals surface area (Å²) >= 11 is 0. The molecule has 11 aromatic rings. The number of ether oxygens (including phenoxy) is 1. The van der Waals surface area contributed by atoms with Crippen molar-refractivity contribution in [2.24, 2.45) is 0 Å². The number of ketones is 1. The predicted octanol–water partition coefficient (Wildman–Crippen LogP) is 14.1. The van der Waals surface area contributed by atoms with Crippen LogP contribution >= 0.6 is 0 Å². The summed E-state index contributed by atoms with van der Waals surface area (Å²) in [5.41, 5.74) is -12.7. The Bertz CT molecular complexity index is 4160. The second kappa shape index (κ2) is 21.4. The van der Waals surface area contributed by atoms with E-state index >= 15 is 35.1 Å². The topological polar surface area (TPSA) is 30.2 Å². The van der Waals surface area contributed by atoms with Crippen molar-refractivity contribution in [3.63, 3.8) is 0 Å². The molecule has 11 rings (SSSR count). The third-order valence-corrected chi connectivity index (χ3v) is 13.9. The van der Waals surface area contributed by atoms with E-state index in [2.05, 4.69) is 66.7 Å². The SMILES string of the molecule is Fc1c(F)c(F)c([B-](c2c(F)c(F)c(F)c(F)c2F)(c2c(F)c(F)c(F)c(F)c2F)c2c(F)c(F)c(F)c(F)c2F)c(F)c1F.O=C(C[n+]1c(Oc2c3ccccc3cc3cc4ccccc4cc23)ccc2ccccc21)c1ccccc1. The molecule has 1 heterocycles. The number of aromatic nitrogens is 1. The molecule has 0 aliphatic carbocycles. The van der Waals surface area contributed by atoms with Crippen LogP contribution in [0.1, 0.15) is 10.4 Å². The fraction of sp³-hybridized carbons (Fsp3) is 0.0169. The minimum atomic E-state index is -7.22. The van der Waals surface area contributed by atoms with Crippen LogP contribution in [0.15, 0.2) is 133 Å². The van der Waals surface area contributed by atoms with Crippen LogP contribution in [0, 0.1) is 116 Å². The molecule has 1 aromatic heterocycles. The molecule has 420 valence electrons. The van der Waals surface area contributed by atoms with Gasteiger partial charge in [0.1, 0.15) is 58.4 Å². The highest BCUT2D eigenvalue weighted by Crippen LogP contribution is 2.40. The number of fused-ring (bicyclic) bond motifs is 4. The van der Waals surface area contributed by atoms with Crippen molar-refractivity contribution < 1.29 is 102 Å². The molecule has 0 fully saturated rings. The van der Waals surface area contributed by atoms with E-state index in [-0.39, 0.29) is 12.3 Å². The van der Waals surface area contributed by atoms with Gasteiger partial charge in [0.25, 0.3) is 0 Å². The maximum atomic E-state index is 15.4. The van der Waals surface area contributed by atoms with Gasteiger partial charge >= 0.3 is 5.88 Å². The highest BCUT2D eigenvalue weighted by molar-refractivity contribution is 7.20. The number of hydrogen-bond acceptors (Lipinski definition) is 2. The zero-order valence-electron chi connectivity index (χ0n) is 40.8. The molecule has 24 heteroatoms. The Morgan fingerprint density at radius 3 is 1.10 bits per heavy atom. The Labute approximate surface area is 451 Å². The summed E-state index contributed by atoms with van der Waals surface area (Å²) in [6.45, 7) is 0.173. The number of hydrogen-bond donors (Lipinski definition) is 0. The zero-order valence-corrected chi connectivity index (χ0v) is 40.8. The lowest BCUT2D eigenvalue weighted by Crippen LogP contribution is -2.81. The molecule has 10 aromatic carbocycles. The number of halogens is 20. The van der Waals surface area contributed by atoms with Gasteiger partial charge in [0.15, 0.2) is 69.8 Å². The Morgan fingerprint density at radius 2 is 0.663 bits per heavy atom. The van der Waals surface area contributed by atoms with Gasteiger partial charge in [-0.2, -0.15) is 4.57 Å². The van der Waals surface area contributed by atoms with Crippen LogP contribution in [0.3, 0.4) is 0 Å². The van der Waals surface area contributed by atoms with Crippen molar-refractivity contribution in [1.82, 2.24) is 0 Å². The van der Waals surface area contributed by atoms with E-state index in [4.69, 9.17) is 4.74 Å². The van der Waals surface area contributed by atoms with Gasteiger partial charge in [-0.05, 0) is 51.9 Å². The summed E-state index contributed by atoms with van der Waals surface area (Å²) in [4.78, 5) is 13.4. The number of Topliss-reactive ketones (excluding diaryl/α,β-unsaturated/α-hetero) is 1. The first-order valence-electron chi connectivity index (χ1n) is 23.7. The fourth-order valence-electron chi connectivity index (χ4n) is 10.2. The normalized spacial score (nSPS) is 11.7. The quantitative estimate of drug-likeness (QED) is 0.0274. The Balaban J connectivity index is 0.000000187. The van der Waals surface area contributed by atoms with Crippen LogP contribution in [-0.2, 0) is 6.54 Å². The maximum Gasteiger partial charge on any atom is 0.374 e. The highest BCUT2D eigenvalue weighted by atomic mass is 19.2. The lowest BCUT2D eigenvalue weighted by molar-refractivity contribution is -0.661. The Morgan fingerprint density at radius 1 is 0.325 bits per heavy atom. The van der Waals surface area contributed by atoms with Crippen LogP contribution in [0.25, 0.3) is 43.2 Å². The number of rotatable bonds is 9. The summed E-state index contributed by atoms with van der Waals surface area (Å²) < 4.78 is 303. The van der Waals surface area contributed by atoms with Crippen molar-refractivity contribution in [2.45, 2.75) is 6.54 Å². The van der Waals surface area contributed by atoms with Crippen molar-refractivity contribution in [1.29, 1.82) is 0 Å². The zero-order chi connectivity index (χ0) is 59.8. The molecule has 0 unspecified atom stereocenters. The minimum Gasteiger partial charge on any atom is -0.404 e. The van der Waals surface area contributed by atoms with Crippen molar-refractivity contribution in [3.05, 3.63) is 255 Å². The molecule has 0 spiro atoms. The Kier molecular flexibility index (Phi) is 14.7. The van der Waals surface area contributed by atoms with Crippen LogP contribution in [-0.4, -0.2) is 11.9 Å². The first-order valence-corrected chi connectivity index (χ1v) is 23.7. The fourth-order valence-corrected chi connectivity index (χ4v) is 10.2. The molecule has 3 nitrogen and oxygen atoms in total. The third kappa shape index (κ3) is 8.97. The summed E-state index contributed by atoms with van der Waals surface area (Å²) in [5.74, 6) is -70.0. The van der Waals surface area contributed by atoms with Gasteiger partial charge in [-0.1, -0.05) is 91.0 Å². The predicted molar refractivity (Wildman–Crippen MR) is 263 cm³/mol. The molecular formula is C59H24BF20NO2. The van der Waals surface area contributed by atoms with Gasteiger partial charge in [0.05, 0.1) is 6.07 Å². The average molecular weight is 1170 g/mol. The molecule has 0 saturated heterocycles. The molecule has 0 aliphatic rings. The largest absolute Gasteiger partial charge is 0.404 e.